The van der Waals surface area contributed by atoms with Crippen molar-refractivity contribution in [3.8, 4) is 0 Å². The van der Waals surface area contributed by atoms with Crippen LogP contribution in [0.25, 0.3) is 0 Å². The lowest BCUT2D eigenvalue weighted by Gasteiger charge is -1.95. The van der Waals surface area contributed by atoms with Crippen molar-refractivity contribution in [2.75, 3.05) is 19.1 Å². The number of alkyl halides is 1. The minimum absolute atomic E-state index is 0.702. The van der Waals surface area contributed by atoms with Gasteiger partial charge in [-0.2, -0.15) is 0 Å². The van der Waals surface area contributed by atoms with Crippen LogP contribution in [0.3, 0.4) is 0 Å². The Balaban J connectivity index is 3.30. The second kappa shape index (κ2) is 19.2. The Kier molecular flexibility index (Phi) is 18.6. The average molecular weight is 311 g/mol. The van der Waals surface area contributed by atoms with Crippen LogP contribution in [0.2, 0.25) is 0 Å². The van der Waals surface area contributed by atoms with Crippen molar-refractivity contribution >= 4 is 11.6 Å². The molecule has 0 radical (unpaired) electrons. The normalized spacial score (nSPS) is 11.1. The maximum Gasteiger partial charge on any atom is 0.0647 e. The summed E-state index contributed by atoms with van der Waals surface area (Å²) in [6.45, 7) is 3.70. The summed E-state index contributed by atoms with van der Waals surface area (Å²) < 4.78 is 5.50. The molecule has 21 heavy (non-hydrogen) atoms. The Bertz CT molecular complexity index is 312. The quantitative estimate of drug-likeness (QED) is 0.160. The molecule has 0 aromatic rings. The van der Waals surface area contributed by atoms with Gasteiger partial charge < -0.3 is 4.74 Å². The maximum atomic E-state index is 5.58. The van der Waals surface area contributed by atoms with Crippen LogP contribution in [0.15, 0.2) is 42.2 Å². The van der Waals surface area contributed by atoms with E-state index in [1.54, 1.807) is 0 Å². The van der Waals surface area contributed by atoms with E-state index in [0.29, 0.717) is 6.61 Å². The summed E-state index contributed by atoms with van der Waals surface area (Å²) in [5.41, 5.74) is 3.14. The van der Waals surface area contributed by atoms with E-state index in [2.05, 4.69) is 37.0 Å². The van der Waals surface area contributed by atoms with E-state index < -0.39 is 0 Å². The fourth-order valence-corrected chi connectivity index (χ4v) is 1.85. The first-order valence-corrected chi connectivity index (χ1v) is 8.78. The molecule has 0 fully saturated rings. The van der Waals surface area contributed by atoms with Crippen molar-refractivity contribution < 1.29 is 4.74 Å². The molecule has 0 aromatic heterocycles. The van der Waals surface area contributed by atoms with Crippen molar-refractivity contribution in [1.29, 1.82) is 0 Å². The van der Waals surface area contributed by atoms with E-state index in [1.807, 2.05) is 12.2 Å². The predicted molar refractivity (Wildman–Crippen MR) is 95.1 cm³/mol. The monoisotopic (exact) mass is 310 g/mol. The van der Waals surface area contributed by atoms with Gasteiger partial charge >= 0.3 is 0 Å². The van der Waals surface area contributed by atoms with E-state index >= 15 is 0 Å². The summed E-state index contributed by atoms with van der Waals surface area (Å²) >= 11 is 5.58. The number of unbranched alkanes of at least 4 members (excludes halogenated alkanes) is 4. The van der Waals surface area contributed by atoms with Gasteiger partial charge in [0.25, 0.3) is 0 Å². The second-order valence-electron chi connectivity index (χ2n) is 4.94. The Morgan fingerprint density at radius 3 is 2.52 bits per heavy atom. The molecule has 0 aliphatic heterocycles. The molecular formula is C19H31ClO. The molecular weight excluding hydrogens is 280 g/mol. The first-order chi connectivity index (χ1) is 10.4. The smallest absolute Gasteiger partial charge is 0.0647 e. The van der Waals surface area contributed by atoms with Gasteiger partial charge in [0.15, 0.2) is 0 Å². The third-order valence-corrected chi connectivity index (χ3v) is 3.19. The summed E-state index contributed by atoms with van der Waals surface area (Å²) in [5.74, 6) is 0.724. The molecule has 2 heteroatoms. The number of ether oxygens (including phenoxy) is 1. The molecule has 0 aromatic carbocycles. The molecule has 0 heterocycles. The first-order valence-electron chi connectivity index (χ1n) is 8.25. The van der Waals surface area contributed by atoms with E-state index in [4.69, 9.17) is 16.3 Å². The summed E-state index contributed by atoms with van der Waals surface area (Å²) in [6, 6.07) is 0. The SMILES string of the molecule is CCCCC/C=C\C/C=C\COCCC=C=CCCCCl. The van der Waals surface area contributed by atoms with Crippen molar-refractivity contribution in [1.82, 2.24) is 0 Å². The van der Waals surface area contributed by atoms with Gasteiger partial charge in [-0.1, -0.05) is 44.1 Å². The van der Waals surface area contributed by atoms with Crippen LogP contribution in [0.5, 0.6) is 0 Å². The predicted octanol–water partition coefficient (Wildman–Crippen LogP) is 6.21. The molecule has 0 rings (SSSR count). The van der Waals surface area contributed by atoms with Crippen LogP contribution >= 0.6 is 11.6 Å². The molecule has 0 N–H and O–H groups in total. The van der Waals surface area contributed by atoms with Crippen LogP contribution in [-0.4, -0.2) is 19.1 Å². The van der Waals surface area contributed by atoms with Crippen LogP contribution in [0, 0.1) is 0 Å². The molecule has 1 nitrogen and oxygen atoms in total. The second-order valence-corrected chi connectivity index (χ2v) is 5.32. The average Bonchev–Trinajstić information content (AvgIpc) is 2.50. The molecule has 0 atom stereocenters. The van der Waals surface area contributed by atoms with Gasteiger partial charge in [-0.05, 0) is 50.7 Å². The molecule has 0 saturated heterocycles. The third kappa shape index (κ3) is 19.2. The number of hydrogen-bond donors (Lipinski definition) is 0. The zero-order chi connectivity index (χ0) is 15.4. The Labute approximate surface area is 136 Å². The maximum absolute atomic E-state index is 5.58. The summed E-state index contributed by atoms with van der Waals surface area (Å²) in [5, 5.41) is 0. The van der Waals surface area contributed by atoms with Crippen molar-refractivity contribution in [2.45, 2.75) is 58.3 Å². The highest BCUT2D eigenvalue weighted by Gasteiger charge is 1.83. The van der Waals surface area contributed by atoms with Gasteiger partial charge in [-0.15, -0.1) is 17.3 Å². The zero-order valence-electron chi connectivity index (χ0n) is 13.5. The highest BCUT2D eigenvalue weighted by molar-refractivity contribution is 6.17. The van der Waals surface area contributed by atoms with Crippen LogP contribution < -0.4 is 0 Å². The molecule has 0 unspecified atom stereocenters. The van der Waals surface area contributed by atoms with Crippen molar-refractivity contribution in [2.24, 2.45) is 0 Å². The highest BCUT2D eigenvalue weighted by atomic mass is 35.5. The number of hydrogen-bond acceptors (Lipinski definition) is 1. The summed E-state index contributed by atoms with van der Waals surface area (Å²) in [4.78, 5) is 0. The topological polar surface area (TPSA) is 9.23 Å². The van der Waals surface area contributed by atoms with E-state index in [1.165, 1.54) is 25.7 Å². The minimum atomic E-state index is 0.702. The lowest BCUT2D eigenvalue weighted by Crippen LogP contribution is -1.91. The number of allylic oxidation sites excluding steroid dienone is 3. The third-order valence-electron chi connectivity index (χ3n) is 2.92. The van der Waals surface area contributed by atoms with E-state index in [9.17, 15) is 0 Å². The fourth-order valence-electron chi connectivity index (χ4n) is 1.69. The Morgan fingerprint density at radius 1 is 0.905 bits per heavy atom. The van der Waals surface area contributed by atoms with Crippen molar-refractivity contribution in [3.05, 3.63) is 42.2 Å². The van der Waals surface area contributed by atoms with Gasteiger partial charge in [0.2, 0.25) is 0 Å². The number of rotatable bonds is 14. The van der Waals surface area contributed by atoms with Gasteiger partial charge in [-0.3, -0.25) is 0 Å². The van der Waals surface area contributed by atoms with E-state index in [-0.39, 0.29) is 0 Å². The van der Waals surface area contributed by atoms with Gasteiger partial charge in [0, 0.05) is 5.88 Å². The summed E-state index contributed by atoms with van der Waals surface area (Å²) in [7, 11) is 0. The van der Waals surface area contributed by atoms with Gasteiger partial charge in [0.05, 0.1) is 13.2 Å². The van der Waals surface area contributed by atoms with Crippen LogP contribution in [0.1, 0.15) is 58.3 Å². The largest absolute Gasteiger partial charge is 0.377 e. The molecule has 120 valence electrons. The molecule has 0 amide bonds. The molecule has 0 bridgehead atoms. The van der Waals surface area contributed by atoms with Crippen molar-refractivity contribution in [3.63, 3.8) is 0 Å². The molecule has 0 aliphatic carbocycles. The van der Waals surface area contributed by atoms with Gasteiger partial charge in [0.1, 0.15) is 0 Å². The molecule has 0 aliphatic rings. The highest BCUT2D eigenvalue weighted by Crippen LogP contribution is 2.00. The van der Waals surface area contributed by atoms with Gasteiger partial charge in [-0.25, -0.2) is 0 Å². The fraction of sp³-hybridized carbons (Fsp3) is 0.632. The lowest BCUT2D eigenvalue weighted by atomic mass is 10.2. The lowest BCUT2D eigenvalue weighted by molar-refractivity contribution is 0.167. The molecule has 0 spiro atoms. The Hall–Kier alpha value is -0.750. The Morgan fingerprint density at radius 2 is 1.71 bits per heavy atom. The van der Waals surface area contributed by atoms with Crippen LogP contribution in [0.4, 0.5) is 0 Å². The van der Waals surface area contributed by atoms with Crippen LogP contribution in [-0.2, 0) is 4.74 Å². The number of halogens is 1. The zero-order valence-corrected chi connectivity index (χ0v) is 14.3. The minimum Gasteiger partial charge on any atom is -0.377 e. The van der Waals surface area contributed by atoms with E-state index in [0.717, 1.165) is 38.2 Å². The molecule has 0 saturated carbocycles. The first kappa shape index (κ1) is 20.2. The summed E-state index contributed by atoms with van der Waals surface area (Å²) in [6.07, 6.45) is 22.0. The standard InChI is InChI=1S/C19H31ClO/c1-2-3-4-5-6-7-9-12-15-18-21-19-16-13-10-8-11-14-17-20/h6-8,12-13,15H,2-5,9,11,14,16-19H2,1H3/b7-6-,15-12-.